The molecule has 0 amide bonds. The van der Waals surface area contributed by atoms with Crippen molar-refractivity contribution < 1.29 is 13.2 Å². The van der Waals surface area contributed by atoms with Crippen molar-refractivity contribution in [3.05, 3.63) is 76.3 Å². The molecule has 0 N–H and O–H groups in total. The lowest BCUT2D eigenvalue weighted by Crippen LogP contribution is -2.18. The number of rotatable bonds is 5. The van der Waals surface area contributed by atoms with Gasteiger partial charge < -0.3 is 4.90 Å². The Bertz CT molecular complexity index is 826. The zero-order chi connectivity index (χ0) is 17.0. The van der Waals surface area contributed by atoms with Crippen molar-refractivity contribution in [2.75, 3.05) is 14.1 Å². The molecule has 4 nitrogen and oxygen atoms in total. The molecule has 2 aromatic carbocycles. The minimum Gasteiger partial charge on any atom is -0.382 e. The van der Waals surface area contributed by atoms with Crippen molar-refractivity contribution in [3.8, 4) is 0 Å². The highest BCUT2D eigenvalue weighted by atomic mass is 35.5. The van der Waals surface area contributed by atoms with Gasteiger partial charge in [0, 0.05) is 30.9 Å². The second kappa shape index (κ2) is 6.98. The van der Waals surface area contributed by atoms with Gasteiger partial charge >= 0.3 is 0 Å². The van der Waals surface area contributed by atoms with E-state index < -0.39 is 15.6 Å². The second-order valence-corrected chi connectivity index (χ2v) is 7.46. The van der Waals surface area contributed by atoms with Crippen molar-refractivity contribution in [3.63, 3.8) is 0 Å². The highest BCUT2D eigenvalue weighted by molar-refractivity contribution is 7.96. The minimum atomic E-state index is -3.92. The van der Waals surface area contributed by atoms with Crippen LogP contribution in [0.4, 0.5) is 0 Å². The molecule has 0 bridgehead atoms. The predicted molar refractivity (Wildman–Crippen MR) is 91.2 cm³/mol. The SMILES string of the molecule is CN(C)/C=C(/C(=O)c1ccc(Cl)cc1)S(=O)(=O)c1ccccc1. The van der Waals surface area contributed by atoms with Crippen LogP contribution in [-0.2, 0) is 9.84 Å². The summed E-state index contributed by atoms with van der Waals surface area (Å²) in [6.07, 6.45) is 1.32. The molecule has 0 saturated heterocycles. The molecular weight excluding hydrogens is 334 g/mol. The summed E-state index contributed by atoms with van der Waals surface area (Å²) in [6.45, 7) is 0. The number of Topliss-reactive ketones (excluding diaryl/α,β-unsaturated/α-hetero) is 1. The highest BCUT2D eigenvalue weighted by Gasteiger charge is 2.28. The van der Waals surface area contributed by atoms with E-state index in [1.165, 1.54) is 35.4 Å². The van der Waals surface area contributed by atoms with Crippen LogP contribution < -0.4 is 0 Å². The van der Waals surface area contributed by atoms with E-state index in [2.05, 4.69) is 0 Å². The molecule has 23 heavy (non-hydrogen) atoms. The Morgan fingerprint density at radius 3 is 2.09 bits per heavy atom. The van der Waals surface area contributed by atoms with Gasteiger partial charge in [-0.25, -0.2) is 8.42 Å². The Morgan fingerprint density at radius 1 is 1.00 bits per heavy atom. The van der Waals surface area contributed by atoms with E-state index in [1.807, 2.05) is 0 Å². The van der Waals surface area contributed by atoms with Crippen molar-refractivity contribution in [2.45, 2.75) is 4.90 Å². The maximum atomic E-state index is 12.8. The van der Waals surface area contributed by atoms with E-state index >= 15 is 0 Å². The van der Waals surface area contributed by atoms with E-state index in [4.69, 9.17) is 11.6 Å². The summed E-state index contributed by atoms with van der Waals surface area (Å²) in [5.74, 6) is -0.570. The Balaban J connectivity index is 2.54. The zero-order valence-electron chi connectivity index (χ0n) is 12.7. The number of benzene rings is 2. The first-order chi connectivity index (χ1) is 10.8. The van der Waals surface area contributed by atoms with E-state index in [9.17, 15) is 13.2 Å². The quantitative estimate of drug-likeness (QED) is 0.613. The number of carbonyl (C=O) groups excluding carboxylic acids is 1. The minimum absolute atomic E-state index is 0.0791. The van der Waals surface area contributed by atoms with Gasteiger partial charge in [-0.05, 0) is 36.4 Å². The van der Waals surface area contributed by atoms with Gasteiger partial charge in [0.1, 0.15) is 4.91 Å². The van der Waals surface area contributed by atoms with E-state index in [1.54, 1.807) is 44.4 Å². The average Bonchev–Trinajstić information content (AvgIpc) is 2.53. The van der Waals surface area contributed by atoms with E-state index in [0.29, 0.717) is 5.02 Å². The third-order valence-electron chi connectivity index (χ3n) is 3.05. The van der Waals surface area contributed by atoms with Crippen molar-refractivity contribution >= 4 is 27.2 Å². The molecule has 0 aromatic heterocycles. The van der Waals surface area contributed by atoms with Crippen LogP contribution >= 0.6 is 11.6 Å². The smallest absolute Gasteiger partial charge is 0.211 e. The lowest BCUT2D eigenvalue weighted by Gasteiger charge is -2.12. The Kier molecular flexibility index (Phi) is 5.23. The fourth-order valence-corrected chi connectivity index (χ4v) is 3.56. The number of nitrogens with zero attached hydrogens (tertiary/aromatic N) is 1. The lowest BCUT2D eigenvalue weighted by molar-refractivity contribution is 0.104. The van der Waals surface area contributed by atoms with E-state index in [-0.39, 0.29) is 15.4 Å². The third-order valence-corrected chi connectivity index (χ3v) is 5.06. The van der Waals surface area contributed by atoms with Crippen molar-refractivity contribution in [2.24, 2.45) is 0 Å². The first kappa shape index (κ1) is 17.2. The summed E-state index contributed by atoms with van der Waals surface area (Å²) in [6, 6.07) is 14.0. The summed E-state index contributed by atoms with van der Waals surface area (Å²) in [7, 11) is -0.592. The molecule has 0 aliphatic heterocycles. The van der Waals surface area contributed by atoms with Gasteiger partial charge in [0.25, 0.3) is 0 Å². The Hall–Kier alpha value is -2.11. The highest BCUT2D eigenvalue weighted by Crippen LogP contribution is 2.23. The molecule has 0 aliphatic carbocycles. The standard InChI is InChI=1S/C17H16ClNO3S/c1-19(2)12-16(17(20)13-8-10-14(18)11-9-13)23(21,22)15-6-4-3-5-7-15/h3-12H,1-2H3/b16-12-. The van der Waals surface area contributed by atoms with Crippen LogP contribution in [0, 0.1) is 0 Å². The van der Waals surface area contributed by atoms with Gasteiger partial charge in [-0.2, -0.15) is 0 Å². The van der Waals surface area contributed by atoms with Gasteiger partial charge in [0.05, 0.1) is 4.90 Å². The molecule has 0 saturated carbocycles. The molecule has 6 heteroatoms. The van der Waals surface area contributed by atoms with Gasteiger partial charge in [0.2, 0.25) is 15.6 Å². The molecule has 2 aromatic rings. The van der Waals surface area contributed by atoms with Gasteiger partial charge in [-0.15, -0.1) is 0 Å². The summed E-state index contributed by atoms with van der Waals surface area (Å²) < 4.78 is 25.6. The maximum absolute atomic E-state index is 12.8. The first-order valence-electron chi connectivity index (χ1n) is 6.81. The largest absolute Gasteiger partial charge is 0.382 e. The molecule has 0 aliphatic rings. The maximum Gasteiger partial charge on any atom is 0.211 e. The number of hydrogen-bond donors (Lipinski definition) is 0. The molecule has 2 rings (SSSR count). The molecule has 120 valence electrons. The van der Waals surface area contributed by atoms with Crippen molar-refractivity contribution in [1.29, 1.82) is 0 Å². The summed E-state index contributed by atoms with van der Waals surface area (Å²) in [4.78, 5) is 14.0. The number of ketones is 1. The molecule has 0 heterocycles. The molecule has 0 spiro atoms. The van der Waals surface area contributed by atoms with Gasteiger partial charge in [-0.3, -0.25) is 4.79 Å². The second-order valence-electron chi connectivity index (χ2n) is 5.11. The summed E-state index contributed by atoms with van der Waals surface area (Å²) >= 11 is 5.81. The number of sulfone groups is 1. The first-order valence-corrected chi connectivity index (χ1v) is 8.67. The topological polar surface area (TPSA) is 54.5 Å². The average molecular weight is 350 g/mol. The number of allylic oxidation sites excluding steroid dienone is 1. The van der Waals surface area contributed by atoms with Crippen LogP contribution in [0.25, 0.3) is 0 Å². The van der Waals surface area contributed by atoms with Crippen LogP contribution in [-0.4, -0.2) is 33.2 Å². The Morgan fingerprint density at radius 2 is 1.57 bits per heavy atom. The molecule has 0 unspecified atom stereocenters. The molecule has 0 fully saturated rings. The van der Waals surface area contributed by atoms with E-state index in [0.717, 1.165) is 0 Å². The molecule has 0 radical (unpaired) electrons. The fraction of sp³-hybridized carbons (Fsp3) is 0.118. The predicted octanol–water partition coefficient (Wildman–Crippen LogP) is 3.40. The molecule has 0 atom stereocenters. The summed E-state index contributed by atoms with van der Waals surface area (Å²) in [5, 5.41) is 0.477. The normalized spacial score (nSPS) is 12.0. The van der Waals surface area contributed by atoms with Crippen molar-refractivity contribution in [1.82, 2.24) is 4.90 Å². The monoisotopic (exact) mass is 349 g/mol. The van der Waals surface area contributed by atoms with Crippen LogP contribution in [0.1, 0.15) is 10.4 Å². The Labute approximate surface area is 140 Å². The lowest BCUT2D eigenvalue weighted by atomic mass is 10.1. The molecular formula is C17H16ClNO3S. The van der Waals surface area contributed by atoms with Crippen LogP contribution in [0.5, 0.6) is 0 Å². The van der Waals surface area contributed by atoms with Gasteiger partial charge in [-0.1, -0.05) is 29.8 Å². The van der Waals surface area contributed by atoms with Gasteiger partial charge in [0.15, 0.2) is 0 Å². The van der Waals surface area contributed by atoms with Crippen LogP contribution in [0.15, 0.2) is 70.6 Å². The third kappa shape index (κ3) is 4.00. The summed E-state index contributed by atoms with van der Waals surface area (Å²) in [5.41, 5.74) is 0.266. The van der Waals surface area contributed by atoms with Crippen LogP contribution in [0.2, 0.25) is 5.02 Å². The van der Waals surface area contributed by atoms with Crippen LogP contribution in [0.3, 0.4) is 0 Å². The fourth-order valence-electron chi connectivity index (χ4n) is 1.95. The number of hydrogen-bond acceptors (Lipinski definition) is 4. The zero-order valence-corrected chi connectivity index (χ0v) is 14.3. The number of carbonyl (C=O) groups is 1. The number of halogens is 1.